The highest BCUT2D eigenvalue weighted by Gasteiger charge is 2.41. The van der Waals surface area contributed by atoms with Gasteiger partial charge in [-0.2, -0.15) is 0 Å². The summed E-state index contributed by atoms with van der Waals surface area (Å²) in [5.74, 6) is 0. The number of rotatable bonds is 5. The van der Waals surface area contributed by atoms with E-state index in [0.717, 1.165) is 16.7 Å². The van der Waals surface area contributed by atoms with Gasteiger partial charge >= 0.3 is 0 Å². The van der Waals surface area contributed by atoms with E-state index in [2.05, 4.69) is 0 Å². The van der Waals surface area contributed by atoms with Crippen LogP contribution in [0.2, 0.25) is 0 Å². The molecule has 1 atom stereocenters. The number of hydrogen-bond donors (Lipinski definition) is 2. The highest BCUT2D eigenvalue weighted by atomic mass is 16.3. The molecule has 116 valence electrons. The molecule has 2 heteroatoms. The third kappa shape index (κ3) is 2.79. The second kappa shape index (κ2) is 6.78. The lowest BCUT2D eigenvalue weighted by Gasteiger charge is -2.38. The summed E-state index contributed by atoms with van der Waals surface area (Å²) < 4.78 is 0. The van der Waals surface area contributed by atoms with Crippen LogP contribution in [0.4, 0.5) is 0 Å². The predicted molar refractivity (Wildman–Crippen MR) is 92.2 cm³/mol. The first kappa shape index (κ1) is 15.5. The van der Waals surface area contributed by atoms with Gasteiger partial charge in [-0.1, -0.05) is 91.0 Å². The van der Waals surface area contributed by atoms with Crippen molar-refractivity contribution in [3.8, 4) is 0 Å². The lowest BCUT2D eigenvalue weighted by Crippen LogP contribution is -2.39. The van der Waals surface area contributed by atoms with E-state index in [4.69, 9.17) is 0 Å². The molecule has 0 bridgehead atoms. The minimum atomic E-state index is -0.899. The average molecular weight is 304 g/mol. The van der Waals surface area contributed by atoms with E-state index in [1.165, 1.54) is 0 Å². The third-order valence-electron chi connectivity index (χ3n) is 4.41. The molecule has 3 aromatic rings. The molecule has 0 radical (unpaired) electrons. The second-order valence-corrected chi connectivity index (χ2v) is 5.67. The minimum Gasteiger partial charge on any atom is -0.395 e. The topological polar surface area (TPSA) is 40.5 Å². The summed E-state index contributed by atoms with van der Waals surface area (Å²) in [6, 6.07) is 28.9. The van der Waals surface area contributed by atoms with E-state index in [9.17, 15) is 10.2 Å². The molecule has 0 saturated carbocycles. The molecule has 0 aliphatic carbocycles. The fourth-order valence-corrected chi connectivity index (χ4v) is 3.14. The van der Waals surface area contributed by atoms with Crippen LogP contribution in [0.5, 0.6) is 0 Å². The molecule has 1 unspecified atom stereocenters. The summed E-state index contributed by atoms with van der Waals surface area (Å²) in [6.07, 6.45) is -0.849. The Bertz CT molecular complexity index is 684. The van der Waals surface area contributed by atoms with Crippen LogP contribution in [-0.2, 0) is 5.41 Å². The standard InChI is InChI=1S/C21H20O2/c22-16-21(18-12-6-2-7-13-18,19-14-8-3-9-15-19)20(23)17-10-4-1-5-11-17/h1-15,20,22-23H,16H2. The monoisotopic (exact) mass is 304 g/mol. The van der Waals surface area contributed by atoms with Crippen molar-refractivity contribution >= 4 is 0 Å². The maximum atomic E-state index is 11.2. The van der Waals surface area contributed by atoms with Gasteiger partial charge in [0.25, 0.3) is 0 Å². The molecular weight excluding hydrogens is 284 g/mol. The Morgan fingerprint density at radius 1 is 0.652 bits per heavy atom. The van der Waals surface area contributed by atoms with Crippen LogP contribution >= 0.6 is 0 Å². The van der Waals surface area contributed by atoms with Crippen molar-refractivity contribution in [3.05, 3.63) is 108 Å². The predicted octanol–water partition coefficient (Wildman–Crippen LogP) is 3.70. The Morgan fingerprint density at radius 2 is 1.04 bits per heavy atom. The van der Waals surface area contributed by atoms with Crippen molar-refractivity contribution in [2.75, 3.05) is 6.61 Å². The molecule has 0 amide bonds. The maximum absolute atomic E-state index is 11.2. The lowest BCUT2D eigenvalue weighted by molar-refractivity contribution is 0.0602. The quantitative estimate of drug-likeness (QED) is 0.754. The van der Waals surface area contributed by atoms with Gasteiger partial charge in [0, 0.05) is 0 Å². The van der Waals surface area contributed by atoms with Crippen LogP contribution in [-0.4, -0.2) is 16.8 Å². The molecule has 3 aromatic carbocycles. The van der Waals surface area contributed by atoms with Crippen LogP contribution in [0, 0.1) is 0 Å². The Balaban J connectivity index is 2.21. The van der Waals surface area contributed by atoms with Crippen molar-refractivity contribution in [2.45, 2.75) is 11.5 Å². The molecule has 0 spiro atoms. The van der Waals surface area contributed by atoms with Gasteiger partial charge in [-0.15, -0.1) is 0 Å². The number of hydrogen-bond acceptors (Lipinski definition) is 2. The summed E-state index contributed by atoms with van der Waals surface area (Å²) in [5.41, 5.74) is 1.67. The molecule has 0 heterocycles. The van der Waals surface area contributed by atoms with Crippen LogP contribution < -0.4 is 0 Å². The molecular formula is C21H20O2. The van der Waals surface area contributed by atoms with Gasteiger partial charge in [0.05, 0.1) is 18.1 Å². The summed E-state index contributed by atoms with van der Waals surface area (Å²) in [7, 11) is 0. The Hall–Kier alpha value is -2.42. The fourth-order valence-electron chi connectivity index (χ4n) is 3.14. The molecule has 2 N–H and O–H groups in total. The third-order valence-corrected chi connectivity index (χ3v) is 4.41. The average Bonchev–Trinajstić information content (AvgIpc) is 2.65. The molecule has 3 rings (SSSR count). The van der Waals surface area contributed by atoms with Gasteiger partial charge in [-0.25, -0.2) is 0 Å². The smallest absolute Gasteiger partial charge is 0.0949 e. The highest BCUT2D eigenvalue weighted by molar-refractivity contribution is 5.43. The maximum Gasteiger partial charge on any atom is 0.0949 e. The van der Waals surface area contributed by atoms with E-state index in [1.807, 2.05) is 91.0 Å². The summed E-state index contributed by atoms with van der Waals surface area (Å²) in [4.78, 5) is 0. The van der Waals surface area contributed by atoms with Crippen LogP contribution in [0.1, 0.15) is 22.8 Å². The molecule has 0 fully saturated rings. The van der Waals surface area contributed by atoms with Gasteiger partial charge in [0.2, 0.25) is 0 Å². The number of aliphatic hydroxyl groups excluding tert-OH is 2. The van der Waals surface area contributed by atoms with Gasteiger partial charge < -0.3 is 10.2 Å². The summed E-state index contributed by atoms with van der Waals surface area (Å²) >= 11 is 0. The number of benzene rings is 3. The first-order valence-electron chi connectivity index (χ1n) is 7.74. The lowest BCUT2D eigenvalue weighted by atomic mass is 9.69. The molecule has 0 saturated heterocycles. The largest absolute Gasteiger partial charge is 0.395 e. The molecule has 0 aliphatic heterocycles. The van der Waals surface area contributed by atoms with E-state index in [0.29, 0.717) is 0 Å². The first-order chi connectivity index (χ1) is 11.3. The van der Waals surface area contributed by atoms with Crippen molar-refractivity contribution in [1.82, 2.24) is 0 Å². The first-order valence-corrected chi connectivity index (χ1v) is 7.74. The van der Waals surface area contributed by atoms with Crippen molar-refractivity contribution in [3.63, 3.8) is 0 Å². The van der Waals surface area contributed by atoms with Gasteiger partial charge in [0.15, 0.2) is 0 Å². The van der Waals surface area contributed by atoms with Crippen molar-refractivity contribution in [1.29, 1.82) is 0 Å². The van der Waals surface area contributed by atoms with Gasteiger partial charge in [-0.05, 0) is 16.7 Å². The Labute approximate surface area is 136 Å². The van der Waals surface area contributed by atoms with Crippen molar-refractivity contribution in [2.24, 2.45) is 0 Å². The van der Waals surface area contributed by atoms with Crippen LogP contribution in [0.15, 0.2) is 91.0 Å². The molecule has 23 heavy (non-hydrogen) atoms. The van der Waals surface area contributed by atoms with Gasteiger partial charge in [-0.3, -0.25) is 0 Å². The fraction of sp³-hybridized carbons (Fsp3) is 0.143. The number of aliphatic hydroxyl groups is 2. The van der Waals surface area contributed by atoms with E-state index in [-0.39, 0.29) is 6.61 Å². The van der Waals surface area contributed by atoms with E-state index in [1.54, 1.807) is 0 Å². The zero-order valence-electron chi connectivity index (χ0n) is 12.8. The Kier molecular flexibility index (Phi) is 4.56. The van der Waals surface area contributed by atoms with E-state index >= 15 is 0 Å². The molecule has 0 aromatic heterocycles. The zero-order chi connectivity index (χ0) is 16.1. The minimum absolute atomic E-state index is 0.183. The van der Waals surface area contributed by atoms with Crippen LogP contribution in [0.3, 0.4) is 0 Å². The molecule has 0 aliphatic rings. The summed E-state index contributed by atoms with van der Waals surface area (Å²) in [6.45, 7) is -0.183. The Morgan fingerprint density at radius 3 is 1.43 bits per heavy atom. The van der Waals surface area contributed by atoms with E-state index < -0.39 is 11.5 Å². The van der Waals surface area contributed by atoms with Crippen LogP contribution in [0.25, 0.3) is 0 Å². The summed E-state index contributed by atoms with van der Waals surface area (Å²) in [5, 5.41) is 21.5. The highest BCUT2D eigenvalue weighted by Crippen LogP contribution is 2.42. The van der Waals surface area contributed by atoms with Gasteiger partial charge in [0.1, 0.15) is 0 Å². The molecule has 2 nitrogen and oxygen atoms in total. The normalized spacial score (nSPS) is 12.8. The second-order valence-electron chi connectivity index (χ2n) is 5.67. The SMILES string of the molecule is OCC(c1ccccc1)(c1ccccc1)C(O)c1ccccc1. The zero-order valence-corrected chi connectivity index (χ0v) is 12.8. The van der Waals surface area contributed by atoms with Crippen molar-refractivity contribution < 1.29 is 10.2 Å².